The summed E-state index contributed by atoms with van der Waals surface area (Å²) >= 11 is 1.54. The van der Waals surface area contributed by atoms with Gasteiger partial charge in [-0.3, -0.25) is 4.79 Å². The number of carboxylic acids is 1. The maximum atomic E-state index is 12.7. The van der Waals surface area contributed by atoms with Crippen molar-refractivity contribution in [1.29, 1.82) is 0 Å². The number of carbonyl (C=O) groups excluding carboxylic acids is 2. The molecule has 1 aliphatic carbocycles. The van der Waals surface area contributed by atoms with Crippen LogP contribution in [0.1, 0.15) is 43.7 Å². The number of nitrogens with zero attached hydrogens (tertiary/aromatic N) is 1. The summed E-state index contributed by atoms with van der Waals surface area (Å²) in [4.78, 5) is 38.2. The molecule has 1 unspecified atom stereocenters. The molecule has 0 radical (unpaired) electrons. The number of fused-ring (bicyclic) bond motifs is 3. The molecule has 0 aromatic heterocycles. The van der Waals surface area contributed by atoms with Gasteiger partial charge < -0.3 is 20.1 Å². The quantitative estimate of drug-likeness (QED) is 0.617. The van der Waals surface area contributed by atoms with E-state index in [4.69, 9.17) is 4.74 Å². The molecular formula is C26H30N2O5S. The fraction of sp³-hybridized carbons (Fsp3) is 0.423. The van der Waals surface area contributed by atoms with E-state index in [9.17, 15) is 19.5 Å². The average Bonchev–Trinajstić information content (AvgIpc) is 3.14. The molecule has 0 bridgehead atoms. The molecule has 1 aliphatic heterocycles. The Kier molecular flexibility index (Phi) is 7.16. The molecule has 2 aromatic carbocycles. The van der Waals surface area contributed by atoms with E-state index in [1.165, 1.54) is 16.0 Å². The van der Waals surface area contributed by atoms with Crippen molar-refractivity contribution < 1.29 is 24.2 Å². The molecule has 0 saturated carbocycles. The Morgan fingerprint density at radius 3 is 2.32 bits per heavy atom. The Hall–Kier alpha value is -3.00. The zero-order valence-electron chi connectivity index (χ0n) is 19.5. The fourth-order valence-electron chi connectivity index (χ4n) is 4.64. The molecule has 8 heteroatoms. The van der Waals surface area contributed by atoms with Crippen LogP contribution in [0.4, 0.5) is 4.79 Å². The number of hydrogen-bond acceptors (Lipinski definition) is 5. The van der Waals surface area contributed by atoms with Gasteiger partial charge in [0, 0.05) is 35.9 Å². The van der Waals surface area contributed by atoms with Crippen molar-refractivity contribution in [1.82, 2.24) is 10.2 Å². The molecular weight excluding hydrogens is 452 g/mol. The van der Waals surface area contributed by atoms with Gasteiger partial charge in [-0.2, -0.15) is 11.8 Å². The standard InChI is InChI=1S/C26H30N2O5S/c1-26(2,12-11-23(29)28-13-14-34-16-22(28)24(30)31)27-25(32)33-15-21-19-9-5-3-7-17(19)18-8-4-6-10-20(18)21/h3-10,21-22H,11-16H2,1-2H3,(H,27,32)(H,30,31). The second-order valence-electron chi connectivity index (χ2n) is 9.35. The van der Waals surface area contributed by atoms with E-state index in [1.807, 2.05) is 38.1 Å². The Morgan fingerprint density at radius 2 is 1.71 bits per heavy atom. The van der Waals surface area contributed by atoms with Gasteiger partial charge in [0.1, 0.15) is 12.6 Å². The monoisotopic (exact) mass is 482 g/mol. The number of alkyl carbamates (subject to hydrolysis) is 1. The van der Waals surface area contributed by atoms with Crippen LogP contribution >= 0.6 is 11.8 Å². The van der Waals surface area contributed by atoms with Crippen LogP contribution in [-0.2, 0) is 14.3 Å². The van der Waals surface area contributed by atoms with Crippen LogP contribution < -0.4 is 5.32 Å². The van der Waals surface area contributed by atoms with Crippen LogP contribution in [0.25, 0.3) is 11.1 Å². The molecule has 180 valence electrons. The lowest BCUT2D eigenvalue weighted by Gasteiger charge is -2.34. The summed E-state index contributed by atoms with van der Waals surface area (Å²) in [6.45, 7) is 4.33. The number of rotatable bonds is 7. The first kappa shape index (κ1) is 24.1. The Morgan fingerprint density at radius 1 is 1.09 bits per heavy atom. The number of amides is 2. The molecule has 1 saturated heterocycles. The highest BCUT2D eigenvalue weighted by molar-refractivity contribution is 7.99. The SMILES string of the molecule is CC(C)(CCC(=O)N1CCSCC1C(=O)O)NC(=O)OCC1c2ccccc2-c2ccccc21. The van der Waals surface area contributed by atoms with Crippen LogP contribution in [0, 0.1) is 0 Å². The first-order valence-corrected chi connectivity index (χ1v) is 12.7. The first-order chi connectivity index (χ1) is 16.3. The molecule has 1 atom stereocenters. The Labute approximate surface area is 203 Å². The van der Waals surface area contributed by atoms with Gasteiger partial charge >= 0.3 is 12.1 Å². The van der Waals surface area contributed by atoms with Gasteiger partial charge in [0.15, 0.2) is 0 Å². The van der Waals surface area contributed by atoms with Gasteiger partial charge in [-0.15, -0.1) is 0 Å². The summed E-state index contributed by atoms with van der Waals surface area (Å²) in [5, 5.41) is 12.3. The van der Waals surface area contributed by atoms with Crippen molar-refractivity contribution in [3.63, 3.8) is 0 Å². The molecule has 0 spiro atoms. The fourth-order valence-corrected chi connectivity index (χ4v) is 5.68. The molecule has 2 amide bonds. The van der Waals surface area contributed by atoms with E-state index < -0.39 is 23.6 Å². The smallest absolute Gasteiger partial charge is 0.407 e. The minimum absolute atomic E-state index is 0.0206. The van der Waals surface area contributed by atoms with Gasteiger partial charge in [0.25, 0.3) is 0 Å². The largest absolute Gasteiger partial charge is 0.480 e. The molecule has 2 aromatic rings. The number of benzene rings is 2. The van der Waals surface area contributed by atoms with Crippen LogP contribution in [0.2, 0.25) is 0 Å². The topological polar surface area (TPSA) is 95.9 Å². The predicted octanol–water partition coefficient (Wildman–Crippen LogP) is 4.11. The number of aliphatic carboxylic acids is 1. The summed E-state index contributed by atoms with van der Waals surface area (Å²) in [5.74, 6) is -0.0567. The van der Waals surface area contributed by atoms with Crippen molar-refractivity contribution in [2.24, 2.45) is 0 Å². The minimum Gasteiger partial charge on any atom is -0.480 e. The number of nitrogens with one attached hydrogen (secondary N) is 1. The minimum atomic E-state index is -0.975. The van der Waals surface area contributed by atoms with E-state index in [-0.39, 0.29) is 24.9 Å². The average molecular weight is 483 g/mol. The van der Waals surface area contributed by atoms with E-state index >= 15 is 0 Å². The van der Waals surface area contributed by atoms with Gasteiger partial charge in [-0.1, -0.05) is 48.5 Å². The van der Waals surface area contributed by atoms with Crippen molar-refractivity contribution >= 4 is 29.7 Å². The van der Waals surface area contributed by atoms with E-state index in [0.29, 0.717) is 18.7 Å². The predicted molar refractivity (Wildman–Crippen MR) is 132 cm³/mol. The summed E-state index contributed by atoms with van der Waals surface area (Å²) in [6, 6.07) is 15.5. The molecule has 7 nitrogen and oxygen atoms in total. The Balaban J connectivity index is 1.31. The van der Waals surface area contributed by atoms with Crippen molar-refractivity contribution in [3.05, 3.63) is 59.7 Å². The molecule has 2 aliphatic rings. The maximum Gasteiger partial charge on any atom is 0.407 e. The highest BCUT2D eigenvalue weighted by Crippen LogP contribution is 2.44. The third kappa shape index (κ3) is 5.22. The highest BCUT2D eigenvalue weighted by atomic mass is 32.2. The summed E-state index contributed by atoms with van der Waals surface area (Å²) in [6.07, 6.45) is 0.00834. The molecule has 34 heavy (non-hydrogen) atoms. The third-order valence-corrected chi connectivity index (χ3v) is 7.50. The molecule has 4 rings (SSSR count). The lowest BCUT2D eigenvalue weighted by Crippen LogP contribution is -2.51. The number of carbonyl (C=O) groups is 3. The third-order valence-electron chi connectivity index (χ3n) is 6.48. The molecule has 1 heterocycles. The molecule has 2 N–H and O–H groups in total. The zero-order chi connectivity index (χ0) is 24.3. The van der Waals surface area contributed by atoms with Crippen molar-refractivity contribution in [2.75, 3.05) is 24.7 Å². The van der Waals surface area contributed by atoms with E-state index in [2.05, 4.69) is 29.6 Å². The van der Waals surface area contributed by atoms with E-state index in [1.54, 1.807) is 11.8 Å². The summed E-state index contributed by atoms with van der Waals surface area (Å²) in [5.41, 5.74) is 3.95. The van der Waals surface area contributed by atoms with Gasteiger partial charge in [-0.25, -0.2) is 9.59 Å². The number of ether oxygens (including phenoxy) is 1. The molecule has 1 fully saturated rings. The normalized spacial score (nSPS) is 17.6. The van der Waals surface area contributed by atoms with E-state index in [0.717, 1.165) is 16.9 Å². The second-order valence-corrected chi connectivity index (χ2v) is 10.5. The first-order valence-electron chi connectivity index (χ1n) is 11.5. The van der Waals surface area contributed by atoms with Gasteiger partial charge in [0.05, 0.1) is 0 Å². The van der Waals surface area contributed by atoms with Crippen LogP contribution in [0.5, 0.6) is 0 Å². The van der Waals surface area contributed by atoms with Crippen LogP contribution in [0.3, 0.4) is 0 Å². The van der Waals surface area contributed by atoms with Gasteiger partial charge in [0.2, 0.25) is 5.91 Å². The van der Waals surface area contributed by atoms with Crippen molar-refractivity contribution in [2.45, 2.75) is 44.2 Å². The summed E-state index contributed by atoms with van der Waals surface area (Å²) in [7, 11) is 0. The lowest BCUT2D eigenvalue weighted by molar-refractivity contribution is -0.149. The lowest BCUT2D eigenvalue weighted by atomic mass is 9.97. The zero-order valence-corrected chi connectivity index (χ0v) is 20.3. The van der Waals surface area contributed by atoms with Crippen LogP contribution in [0.15, 0.2) is 48.5 Å². The highest BCUT2D eigenvalue weighted by Gasteiger charge is 2.34. The van der Waals surface area contributed by atoms with Crippen molar-refractivity contribution in [3.8, 4) is 11.1 Å². The maximum absolute atomic E-state index is 12.7. The summed E-state index contributed by atoms with van der Waals surface area (Å²) < 4.78 is 5.62. The number of thioether (sulfide) groups is 1. The second kappa shape index (κ2) is 10.1. The number of carboxylic acid groups (broad SMARTS) is 1. The van der Waals surface area contributed by atoms with Gasteiger partial charge in [-0.05, 0) is 42.5 Å². The van der Waals surface area contributed by atoms with Crippen LogP contribution in [-0.4, -0.2) is 64.2 Å². The number of hydrogen-bond donors (Lipinski definition) is 2. The Bertz CT molecular complexity index is 1040.